The van der Waals surface area contributed by atoms with Crippen molar-refractivity contribution < 1.29 is 4.74 Å². The zero-order chi connectivity index (χ0) is 14.7. The Morgan fingerprint density at radius 3 is 2.71 bits per heavy atom. The molecular weight excluding hydrogens is 258 g/mol. The molecule has 2 nitrogen and oxygen atoms in total. The van der Waals surface area contributed by atoms with Crippen LogP contribution in [-0.4, -0.2) is 13.2 Å². The number of fused-ring (bicyclic) bond motifs is 1. The van der Waals surface area contributed by atoms with E-state index >= 15 is 0 Å². The van der Waals surface area contributed by atoms with Crippen LogP contribution in [0.3, 0.4) is 0 Å². The SMILES string of the molecule is CCCNC(C)c1ccc(-c2cccc3c2OCC3)cc1. The Morgan fingerprint density at radius 1 is 1.14 bits per heavy atom. The lowest BCUT2D eigenvalue weighted by Gasteiger charge is -2.14. The molecule has 0 bridgehead atoms. The van der Waals surface area contributed by atoms with Gasteiger partial charge in [-0.2, -0.15) is 0 Å². The lowest BCUT2D eigenvalue weighted by atomic mass is 9.98. The number of nitrogens with one attached hydrogen (secondary N) is 1. The van der Waals surface area contributed by atoms with Gasteiger partial charge >= 0.3 is 0 Å². The molecule has 0 amide bonds. The molecule has 0 fully saturated rings. The minimum absolute atomic E-state index is 0.400. The Morgan fingerprint density at radius 2 is 1.95 bits per heavy atom. The standard InChI is InChI=1S/C19H23NO/c1-3-12-20-14(2)15-7-9-16(10-8-15)18-6-4-5-17-11-13-21-19(17)18/h4-10,14,20H,3,11-13H2,1-2H3. The van der Waals surface area contributed by atoms with Crippen LogP contribution in [0, 0.1) is 0 Å². The summed E-state index contributed by atoms with van der Waals surface area (Å²) < 4.78 is 5.80. The van der Waals surface area contributed by atoms with Crippen molar-refractivity contribution in [1.29, 1.82) is 0 Å². The molecule has 1 aliphatic heterocycles. The van der Waals surface area contributed by atoms with Gasteiger partial charge in [0.1, 0.15) is 5.75 Å². The molecule has 1 atom stereocenters. The minimum atomic E-state index is 0.400. The van der Waals surface area contributed by atoms with Crippen molar-refractivity contribution in [3.63, 3.8) is 0 Å². The molecule has 1 aliphatic rings. The predicted molar refractivity (Wildman–Crippen MR) is 87.8 cm³/mol. The third-order valence-electron chi connectivity index (χ3n) is 4.14. The Bertz CT molecular complexity index is 603. The molecule has 21 heavy (non-hydrogen) atoms. The van der Waals surface area contributed by atoms with Gasteiger partial charge in [0, 0.05) is 18.0 Å². The van der Waals surface area contributed by atoms with Crippen molar-refractivity contribution in [3.8, 4) is 16.9 Å². The normalized spacial score (nSPS) is 14.6. The van der Waals surface area contributed by atoms with Gasteiger partial charge in [-0.15, -0.1) is 0 Å². The van der Waals surface area contributed by atoms with E-state index in [1.807, 2.05) is 0 Å². The molecule has 2 aromatic carbocycles. The van der Waals surface area contributed by atoms with Gasteiger partial charge in [-0.05, 0) is 36.6 Å². The molecule has 0 radical (unpaired) electrons. The summed E-state index contributed by atoms with van der Waals surface area (Å²) in [5, 5.41) is 3.52. The smallest absolute Gasteiger partial charge is 0.130 e. The van der Waals surface area contributed by atoms with Crippen molar-refractivity contribution in [3.05, 3.63) is 53.6 Å². The molecule has 3 rings (SSSR count). The number of ether oxygens (including phenoxy) is 1. The van der Waals surface area contributed by atoms with Gasteiger partial charge in [0.25, 0.3) is 0 Å². The maximum absolute atomic E-state index is 5.80. The van der Waals surface area contributed by atoms with Crippen molar-refractivity contribution in [2.45, 2.75) is 32.7 Å². The molecule has 0 saturated carbocycles. The van der Waals surface area contributed by atoms with E-state index in [4.69, 9.17) is 4.74 Å². The molecule has 0 aliphatic carbocycles. The highest BCUT2D eigenvalue weighted by Gasteiger charge is 2.16. The van der Waals surface area contributed by atoms with E-state index in [0.29, 0.717) is 6.04 Å². The van der Waals surface area contributed by atoms with E-state index in [1.54, 1.807) is 0 Å². The van der Waals surface area contributed by atoms with E-state index in [9.17, 15) is 0 Å². The van der Waals surface area contributed by atoms with Gasteiger partial charge in [0.2, 0.25) is 0 Å². The van der Waals surface area contributed by atoms with Crippen LogP contribution in [0.25, 0.3) is 11.1 Å². The molecular formula is C19H23NO. The number of para-hydroxylation sites is 1. The van der Waals surface area contributed by atoms with Gasteiger partial charge < -0.3 is 10.1 Å². The summed E-state index contributed by atoms with van der Waals surface area (Å²) in [6.07, 6.45) is 2.19. The van der Waals surface area contributed by atoms with E-state index < -0.39 is 0 Å². The number of hydrogen-bond donors (Lipinski definition) is 1. The van der Waals surface area contributed by atoms with E-state index in [2.05, 4.69) is 61.6 Å². The quantitative estimate of drug-likeness (QED) is 0.879. The summed E-state index contributed by atoms with van der Waals surface area (Å²) in [7, 11) is 0. The first kappa shape index (κ1) is 14.2. The average Bonchev–Trinajstić information content (AvgIpc) is 3.01. The fourth-order valence-corrected chi connectivity index (χ4v) is 2.87. The first-order valence-electron chi connectivity index (χ1n) is 7.88. The highest BCUT2D eigenvalue weighted by atomic mass is 16.5. The van der Waals surface area contributed by atoms with Crippen molar-refractivity contribution in [2.75, 3.05) is 13.2 Å². The van der Waals surface area contributed by atoms with E-state index in [0.717, 1.165) is 31.7 Å². The van der Waals surface area contributed by atoms with Gasteiger partial charge in [0.05, 0.1) is 6.61 Å². The summed E-state index contributed by atoms with van der Waals surface area (Å²) in [4.78, 5) is 0. The van der Waals surface area contributed by atoms with Gasteiger partial charge in [-0.25, -0.2) is 0 Å². The number of benzene rings is 2. The van der Waals surface area contributed by atoms with Crippen LogP contribution in [0.5, 0.6) is 5.75 Å². The molecule has 2 heteroatoms. The average molecular weight is 281 g/mol. The summed E-state index contributed by atoms with van der Waals surface area (Å²) in [5.74, 6) is 1.07. The zero-order valence-corrected chi connectivity index (χ0v) is 12.9. The third-order valence-corrected chi connectivity index (χ3v) is 4.14. The lowest BCUT2D eigenvalue weighted by Crippen LogP contribution is -2.19. The zero-order valence-electron chi connectivity index (χ0n) is 12.9. The summed E-state index contributed by atoms with van der Waals surface area (Å²) in [6, 6.07) is 15.7. The van der Waals surface area contributed by atoms with Gasteiger partial charge in [0.15, 0.2) is 0 Å². The maximum atomic E-state index is 5.80. The predicted octanol–water partition coefficient (Wildman–Crippen LogP) is 4.35. The molecule has 0 saturated heterocycles. The topological polar surface area (TPSA) is 21.3 Å². The third kappa shape index (κ3) is 2.96. The molecule has 0 aromatic heterocycles. The van der Waals surface area contributed by atoms with Crippen molar-refractivity contribution in [1.82, 2.24) is 5.32 Å². The lowest BCUT2D eigenvalue weighted by molar-refractivity contribution is 0.358. The first-order chi connectivity index (χ1) is 10.3. The largest absolute Gasteiger partial charge is 0.492 e. The molecule has 0 spiro atoms. The second-order valence-corrected chi connectivity index (χ2v) is 5.69. The van der Waals surface area contributed by atoms with Gasteiger partial charge in [-0.3, -0.25) is 0 Å². The summed E-state index contributed by atoms with van der Waals surface area (Å²) in [6.45, 7) is 6.28. The molecule has 110 valence electrons. The van der Waals surface area contributed by atoms with Crippen LogP contribution in [0.4, 0.5) is 0 Å². The number of rotatable bonds is 5. The Balaban J connectivity index is 1.83. The fourth-order valence-electron chi connectivity index (χ4n) is 2.87. The second-order valence-electron chi connectivity index (χ2n) is 5.69. The molecule has 1 heterocycles. The maximum Gasteiger partial charge on any atom is 0.130 e. The number of hydrogen-bond acceptors (Lipinski definition) is 2. The summed E-state index contributed by atoms with van der Waals surface area (Å²) in [5.41, 5.74) is 5.11. The highest BCUT2D eigenvalue weighted by molar-refractivity contribution is 5.73. The first-order valence-corrected chi connectivity index (χ1v) is 7.88. The van der Waals surface area contributed by atoms with Crippen LogP contribution >= 0.6 is 0 Å². The van der Waals surface area contributed by atoms with Crippen LogP contribution in [0.15, 0.2) is 42.5 Å². The molecule has 1 N–H and O–H groups in total. The Labute approximate surface area is 127 Å². The van der Waals surface area contributed by atoms with Crippen LogP contribution in [0.2, 0.25) is 0 Å². The van der Waals surface area contributed by atoms with Crippen LogP contribution in [-0.2, 0) is 6.42 Å². The van der Waals surface area contributed by atoms with Crippen molar-refractivity contribution in [2.24, 2.45) is 0 Å². The van der Waals surface area contributed by atoms with E-state index in [-0.39, 0.29) is 0 Å². The van der Waals surface area contributed by atoms with E-state index in [1.165, 1.54) is 22.3 Å². The van der Waals surface area contributed by atoms with Crippen molar-refractivity contribution >= 4 is 0 Å². The van der Waals surface area contributed by atoms with Crippen LogP contribution < -0.4 is 10.1 Å². The second kappa shape index (κ2) is 6.31. The Kier molecular flexibility index (Phi) is 4.26. The highest BCUT2D eigenvalue weighted by Crippen LogP contribution is 2.36. The monoisotopic (exact) mass is 281 g/mol. The summed E-state index contributed by atoms with van der Waals surface area (Å²) >= 11 is 0. The Hall–Kier alpha value is -1.80. The van der Waals surface area contributed by atoms with Gasteiger partial charge in [-0.1, -0.05) is 49.4 Å². The van der Waals surface area contributed by atoms with Crippen LogP contribution in [0.1, 0.15) is 37.4 Å². The molecule has 1 unspecified atom stereocenters. The fraction of sp³-hybridized carbons (Fsp3) is 0.368. The molecule has 2 aromatic rings. The minimum Gasteiger partial charge on any atom is -0.492 e.